The number of carbonyl (C=O) groups is 1. The molecule has 1 N–H and O–H groups in total. The number of carbonyl (C=O) groups excluding carboxylic acids is 1. The Balaban J connectivity index is 2.18. The number of likely N-dealkylation sites (tertiary alicyclic amines) is 1. The van der Waals surface area contributed by atoms with E-state index in [-0.39, 0.29) is 5.91 Å². The molecule has 0 spiro atoms. The van der Waals surface area contributed by atoms with Crippen LogP contribution in [0.4, 0.5) is 0 Å². The predicted octanol–water partition coefficient (Wildman–Crippen LogP) is 2.13. The molecule has 1 heterocycles. The van der Waals surface area contributed by atoms with Gasteiger partial charge in [-0.25, -0.2) is 0 Å². The largest absolute Gasteiger partial charge is 0.337 e. The zero-order chi connectivity index (χ0) is 13.1. The fourth-order valence-electron chi connectivity index (χ4n) is 2.55. The summed E-state index contributed by atoms with van der Waals surface area (Å²) in [4.78, 5) is 14.5. The highest BCUT2D eigenvalue weighted by Crippen LogP contribution is 2.18. The first-order chi connectivity index (χ1) is 8.63. The van der Waals surface area contributed by atoms with Gasteiger partial charge in [0, 0.05) is 24.7 Å². The summed E-state index contributed by atoms with van der Waals surface area (Å²) in [7, 11) is 1.97. The lowest BCUT2D eigenvalue weighted by molar-refractivity contribution is 0.0697. The number of nitrogens with one attached hydrogen (secondary N) is 1. The summed E-state index contributed by atoms with van der Waals surface area (Å²) in [5, 5.41) is 3.27. The van der Waals surface area contributed by atoms with E-state index in [4.69, 9.17) is 0 Å². The summed E-state index contributed by atoms with van der Waals surface area (Å²) < 4.78 is 0. The van der Waals surface area contributed by atoms with Crippen molar-refractivity contribution >= 4 is 5.91 Å². The van der Waals surface area contributed by atoms with Crippen molar-refractivity contribution in [2.75, 3.05) is 20.1 Å². The Morgan fingerprint density at radius 1 is 1.39 bits per heavy atom. The average Bonchev–Trinajstić information content (AvgIpc) is 2.41. The molecule has 0 bridgehead atoms. The van der Waals surface area contributed by atoms with Crippen molar-refractivity contribution in [2.24, 2.45) is 0 Å². The number of rotatable bonds is 2. The number of aryl methyl sites for hydroxylation is 1. The van der Waals surface area contributed by atoms with Gasteiger partial charge in [-0.15, -0.1) is 0 Å². The van der Waals surface area contributed by atoms with Gasteiger partial charge < -0.3 is 10.2 Å². The summed E-state index contributed by atoms with van der Waals surface area (Å²) >= 11 is 0. The lowest BCUT2D eigenvalue weighted by atomic mass is 10.00. The van der Waals surface area contributed by atoms with Crippen molar-refractivity contribution in [3.8, 4) is 0 Å². The molecule has 1 aliphatic heterocycles. The minimum atomic E-state index is 0.177. The average molecular weight is 246 g/mol. The molecule has 3 nitrogen and oxygen atoms in total. The van der Waals surface area contributed by atoms with Crippen LogP contribution in [0.2, 0.25) is 0 Å². The summed E-state index contributed by atoms with van der Waals surface area (Å²) in [6.45, 7) is 5.79. The van der Waals surface area contributed by atoms with E-state index in [0.29, 0.717) is 6.04 Å². The summed E-state index contributed by atoms with van der Waals surface area (Å²) in [5.41, 5.74) is 3.14. The first-order valence-electron chi connectivity index (χ1n) is 6.66. The van der Waals surface area contributed by atoms with Gasteiger partial charge in [-0.2, -0.15) is 0 Å². The Bertz CT molecular complexity index is 442. The summed E-state index contributed by atoms with van der Waals surface area (Å²) in [6.07, 6.45) is 2.25. The number of hydrogen-bond acceptors (Lipinski definition) is 2. The van der Waals surface area contributed by atoms with Crippen molar-refractivity contribution in [3.05, 3.63) is 34.9 Å². The molecular formula is C15H22N2O. The van der Waals surface area contributed by atoms with Crippen LogP contribution in [0.5, 0.6) is 0 Å². The van der Waals surface area contributed by atoms with E-state index in [1.165, 1.54) is 5.56 Å². The van der Waals surface area contributed by atoms with Crippen molar-refractivity contribution < 1.29 is 4.79 Å². The normalized spacial score (nSPS) is 19.9. The van der Waals surface area contributed by atoms with Gasteiger partial charge >= 0.3 is 0 Å². The number of piperidine rings is 1. The van der Waals surface area contributed by atoms with Gasteiger partial charge in [-0.1, -0.05) is 12.1 Å². The van der Waals surface area contributed by atoms with Gasteiger partial charge in [0.25, 0.3) is 5.91 Å². The predicted molar refractivity (Wildman–Crippen MR) is 73.9 cm³/mol. The molecule has 0 radical (unpaired) electrons. The van der Waals surface area contributed by atoms with Gasteiger partial charge in [-0.3, -0.25) is 4.79 Å². The van der Waals surface area contributed by atoms with E-state index in [1.54, 1.807) is 0 Å². The number of amides is 1. The molecule has 1 aromatic carbocycles. The molecule has 98 valence electrons. The third-order valence-electron chi connectivity index (χ3n) is 3.95. The van der Waals surface area contributed by atoms with Crippen molar-refractivity contribution in [1.82, 2.24) is 10.2 Å². The summed E-state index contributed by atoms with van der Waals surface area (Å²) in [6, 6.07) is 6.40. The van der Waals surface area contributed by atoms with Crippen molar-refractivity contribution in [3.63, 3.8) is 0 Å². The van der Waals surface area contributed by atoms with Crippen LogP contribution in [0.15, 0.2) is 18.2 Å². The summed E-state index contributed by atoms with van der Waals surface area (Å²) in [5.74, 6) is 0.177. The molecule has 0 unspecified atom stereocenters. The van der Waals surface area contributed by atoms with Crippen LogP contribution >= 0.6 is 0 Å². The van der Waals surface area contributed by atoms with E-state index in [0.717, 1.165) is 37.1 Å². The Labute approximate surface area is 109 Å². The van der Waals surface area contributed by atoms with E-state index in [1.807, 2.05) is 31.0 Å². The number of hydrogen-bond donors (Lipinski definition) is 1. The Morgan fingerprint density at radius 3 is 2.89 bits per heavy atom. The third kappa shape index (κ3) is 2.56. The third-order valence-corrected chi connectivity index (χ3v) is 3.95. The minimum absolute atomic E-state index is 0.177. The lowest BCUT2D eigenvalue weighted by Gasteiger charge is -2.33. The highest BCUT2D eigenvalue weighted by molar-refractivity contribution is 5.96. The number of benzene rings is 1. The molecular weight excluding hydrogens is 224 g/mol. The number of nitrogens with zero attached hydrogens (tertiary/aromatic N) is 1. The molecule has 2 rings (SSSR count). The first kappa shape index (κ1) is 13.1. The maximum atomic E-state index is 12.5. The second-order valence-electron chi connectivity index (χ2n) is 5.13. The monoisotopic (exact) mass is 246 g/mol. The maximum Gasteiger partial charge on any atom is 0.254 e. The van der Waals surface area contributed by atoms with Crippen LogP contribution in [-0.2, 0) is 0 Å². The second-order valence-corrected chi connectivity index (χ2v) is 5.13. The Morgan fingerprint density at radius 2 is 2.17 bits per heavy atom. The minimum Gasteiger partial charge on any atom is -0.337 e. The molecule has 0 aromatic heterocycles. The van der Waals surface area contributed by atoms with Crippen LogP contribution in [0.3, 0.4) is 0 Å². The van der Waals surface area contributed by atoms with Gasteiger partial charge in [-0.05, 0) is 50.9 Å². The smallest absolute Gasteiger partial charge is 0.254 e. The second kappa shape index (κ2) is 5.53. The van der Waals surface area contributed by atoms with E-state index in [9.17, 15) is 4.79 Å². The lowest BCUT2D eigenvalue weighted by Crippen LogP contribution is -2.47. The highest BCUT2D eigenvalue weighted by atomic mass is 16.2. The molecule has 1 amide bonds. The van der Waals surface area contributed by atoms with Gasteiger partial charge in [0.15, 0.2) is 0 Å². The van der Waals surface area contributed by atoms with Crippen LogP contribution in [-0.4, -0.2) is 37.0 Å². The maximum absolute atomic E-state index is 12.5. The van der Waals surface area contributed by atoms with E-state index in [2.05, 4.69) is 18.3 Å². The SMILES string of the molecule is CN[C@H]1CCCN(C(=O)c2cccc(C)c2C)C1. The fraction of sp³-hybridized carbons (Fsp3) is 0.533. The molecule has 18 heavy (non-hydrogen) atoms. The van der Waals surface area contributed by atoms with E-state index < -0.39 is 0 Å². The molecule has 1 atom stereocenters. The van der Waals surface area contributed by atoms with Crippen LogP contribution in [0, 0.1) is 13.8 Å². The quantitative estimate of drug-likeness (QED) is 0.867. The van der Waals surface area contributed by atoms with Crippen LogP contribution in [0.25, 0.3) is 0 Å². The zero-order valence-electron chi connectivity index (χ0n) is 11.5. The van der Waals surface area contributed by atoms with Gasteiger partial charge in [0.05, 0.1) is 0 Å². The standard InChI is InChI=1S/C15H22N2O/c1-11-6-4-8-14(12(11)2)15(18)17-9-5-7-13(10-17)16-3/h4,6,8,13,16H,5,7,9-10H2,1-3H3/t13-/m0/s1. The Hall–Kier alpha value is -1.35. The molecule has 1 fully saturated rings. The molecule has 3 heteroatoms. The topological polar surface area (TPSA) is 32.3 Å². The molecule has 0 saturated carbocycles. The zero-order valence-corrected chi connectivity index (χ0v) is 11.5. The molecule has 1 saturated heterocycles. The van der Waals surface area contributed by atoms with Crippen molar-refractivity contribution in [1.29, 1.82) is 0 Å². The molecule has 1 aliphatic rings. The molecule has 0 aliphatic carbocycles. The molecule has 1 aromatic rings. The fourth-order valence-corrected chi connectivity index (χ4v) is 2.55. The van der Waals surface area contributed by atoms with Gasteiger partial charge in [0.1, 0.15) is 0 Å². The van der Waals surface area contributed by atoms with Crippen molar-refractivity contribution in [2.45, 2.75) is 32.7 Å². The highest BCUT2D eigenvalue weighted by Gasteiger charge is 2.24. The van der Waals surface area contributed by atoms with E-state index >= 15 is 0 Å². The first-order valence-corrected chi connectivity index (χ1v) is 6.66. The van der Waals surface area contributed by atoms with Gasteiger partial charge in [0.2, 0.25) is 0 Å². The number of likely N-dealkylation sites (N-methyl/N-ethyl adjacent to an activating group) is 1. The Kier molecular flexibility index (Phi) is 4.02. The van der Waals surface area contributed by atoms with Crippen LogP contribution < -0.4 is 5.32 Å². The van der Waals surface area contributed by atoms with Crippen LogP contribution in [0.1, 0.15) is 34.3 Å².